The number of rotatable bonds is 8. The van der Waals surface area contributed by atoms with Gasteiger partial charge in [0.2, 0.25) is 0 Å². The lowest BCUT2D eigenvalue weighted by Crippen LogP contribution is -2.41. The Morgan fingerprint density at radius 1 is 1.11 bits per heavy atom. The first-order valence-electron chi connectivity index (χ1n) is 15.2. The standard InChI is InChI=1S/C34H58O2Si/c1-23(2)24(3)13-14-25(4)30-17-18-31-28(12-11-19-34(30,31)8)15-16-29-20-27(21-32(35)26(29)5)22-33(6,7)37(9,10)36/h13-16,23-25,27,30-32,35-36H,5,11-12,17-22H2,1-4,6-10H3/b14-13+,28-15+,29-16+/t24-,25+,27+,30?,31?,32?,34+/m0/s1. The quantitative estimate of drug-likeness (QED) is 0.244. The van der Waals surface area contributed by atoms with E-state index in [0.29, 0.717) is 35.0 Å². The minimum absolute atomic E-state index is 0.0677. The largest absolute Gasteiger partial charge is 0.432 e. The molecular weight excluding hydrogens is 468 g/mol. The van der Waals surface area contributed by atoms with Gasteiger partial charge in [-0.25, -0.2) is 0 Å². The zero-order valence-corrected chi connectivity index (χ0v) is 26.6. The van der Waals surface area contributed by atoms with Crippen molar-refractivity contribution in [2.75, 3.05) is 0 Å². The van der Waals surface area contributed by atoms with Crippen LogP contribution in [0.5, 0.6) is 0 Å². The van der Waals surface area contributed by atoms with Crippen LogP contribution in [0.4, 0.5) is 0 Å². The van der Waals surface area contributed by atoms with Gasteiger partial charge in [0, 0.05) is 0 Å². The van der Waals surface area contributed by atoms with E-state index in [0.717, 1.165) is 30.8 Å². The van der Waals surface area contributed by atoms with Gasteiger partial charge in [0.15, 0.2) is 8.32 Å². The Labute approximate surface area is 230 Å². The van der Waals surface area contributed by atoms with E-state index in [1.165, 1.54) is 37.7 Å². The molecule has 0 aromatic heterocycles. The number of fused-ring (bicyclic) bond motifs is 1. The second kappa shape index (κ2) is 11.7. The first-order chi connectivity index (χ1) is 17.1. The van der Waals surface area contributed by atoms with E-state index < -0.39 is 14.4 Å². The smallest absolute Gasteiger partial charge is 0.188 e. The van der Waals surface area contributed by atoms with E-state index >= 15 is 0 Å². The zero-order valence-electron chi connectivity index (χ0n) is 25.6. The van der Waals surface area contributed by atoms with Crippen LogP contribution in [-0.4, -0.2) is 24.3 Å². The molecule has 3 heteroatoms. The molecular formula is C34H58O2Si. The van der Waals surface area contributed by atoms with Gasteiger partial charge in [0.1, 0.15) is 0 Å². The van der Waals surface area contributed by atoms with Gasteiger partial charge < -0.3 is 9.90 Å². The molecule has 0 aromatic rings. The van der Waals surface area contributed by atoms with Crippen LogP contribution in [0.15, 0.2) is 47.6 Å². The summed E-state index contributed by atoms with van der Waals surface area (Å²) in [5.74, 6) is 3.80. The van der Waals surface area contributed by atoms with Crippen molar-refractivity contribution in [1.82, 2.24) is 0 Å². The van der Waals surface area contributed by atoms with Gasteiger partial charge in [-0.15, -0.1) is 0 Å². The third-order valence-electron chi connectivity index (χ3n) is 11.3. The second-order valence-electron chi connectivity index (χ2n) is 14.9. The molecule has 3 saturated carbocycles. The number of hydrogen-bond acceptors (Lipinski definition) is 2. The van der Waals surface area contributed by atoms with Crippen LogP contribution in [0.25, 0.3) is 0 Å². The molecule has 37 heavy (non-hydrogen) atoms. The van der Waals surface area contributed by atoms with Crippen molar-refractivity contribution in [2.45, 2.75) is 124 Å². The summed E-state index contributed by atoms with van der Waals surface area (Å²) in [5, 5.41) is 10.8. The van der Waals surface area contributed by atoms with Gasteiger partial charge in [-0.2, -0.15) is 0 Å². The molecule has 3 unspecified atom stereocenters. The van der Waals surface area contributed by atoms with Gasteiger partial charge in [0.05, 0.1) is 6.10 Å². The van der Waals surface area contributed by atoms with Crippen molar-refractivity contribution in [3.8, 4) is 0 Å². The molecule has 0 bridgehead atoms. The molecule has 0 spiro atoms. The Bertz CT molecular complexity index is 901. The van der Waals surface area contributed by atoms with Crippen LogP contribution in [0.2, 0.25) is 18.1 Å². The average molecular weight is 527 g/mol. The van der Waals surface area contributed by atoms with Crippen molar-refractivity contribution >= 4 is 8.32 Å². The molecule has 0 aromatic carbocycles. The van der Waals surface area contributed by atoms with Crippen molar-refractivity contribution < 1.29 is 9.90 Å². The van der Waals surface area contributed by atoms with Gasteiger partial charge in [-0.1, -0.05) is 84.9 Å². The van der Waals surface area contributed by atoms with Crippen molar-refractivity contribution in [1.29, 1.82) is 0 Å². The van der Waals surface area contributed by atoms with Crippen LogP contribution in [0.3, 0.4) is 0 Å². The minimum atomic E-state index is -2.27. The highest BCUT2D eigenvalue weighted by Gasteiger charge is 2.50. The highest BCUT2D eigenvalue weighted by atomic mass is 28.4. The average Bonchev–Trinajstić information content (AvgIpc) is 3.15. The fourth-order valence-electron chi connectivity index (χ4n) is 7.56. The Balaban J connectivity index is 1.77. The van der Waals surface area contributed by atoms with Crippen LogP contribution in [0.1, 0.15) is 99.8 Å². The first kappa shape index (κ1) is 30.6. The first-order valence-corrected chi connectivity index (χ1v) is 18.2. The zero-order chi connectivity index (χ0) is 27.8. The van der Waals surface area contributed by atoms with E-state index in [1.807, 2.05) is 13.1 Å². The van der Waals surface area contributed by atoms with Gasteiger partial charge in [0.25, 0.3) is 0 Å². The molecule has 0 amide bonds. The molecule has 3 aliphatic carbocycles. The third-order valence-corrected chi connectivity index (χ3v) is 14.8. The maximum absolute atomic E-state index is 10.8. The van der Waals surface area contributed by atoms with Crippen LogP contribution in [-0.2, 0) is 0 Å². The Morgan fingerprint density at radius 3 is 2.41 bits per heavy atom. The van der Waals surface area contributed by atoms with Crippen LogP contribution < -0.4 is 0 Å². The number of aliphatic hydroxyl groups is 1. The summed E-state index contributed by atoms with van der Waals surface area (Å²) in [6.07, 6.45) is 18.4. The summed E-state index contributed by atoms with van der Waals surface area (Å²) in [6.45, 7) is 24.8. The fraction of sp³-hybridized carbons (Fsp3) is 0.765. The topological polar surface area (TPSA) is 40.5 Å². The number of allylic oxidation sites excluding steroid dienone is 5. The minimum Gasteiger partial charge on any atom is -0.432 e. The van der Waals surface area contributed by atoms with E-state index in [2.05, 4.69) is 79.3 Å². The molecule has 3 rings (SSSR count). The van der Waals surface area contributed by atoms with Crippen molar-refractivity contribution in [3.63, 3.8) is 0 Å². The van der Waals surface area contributed by atoms with Crippen LogP contribution in [0, 0.1) is 40.9 Å². The summed E-state index contributed by atoms with van der Waals surface area (Å²) in [4.78, 5) is 10.8. The van der Waals surface area contributed by atoms with Crippen molar-refractivity contribution in [2.24, 2.45) is 40.9 Å². The SMILES string of the molecule is C=C1/C(=C/C=C2\CCC[C@@]3(C)C2CCC3[C@H](C)/C=C/[C@H](C)C(C)C)C[C@@H](CC(C)(C)[Si](C)(C)O)CC1O. The Kier molecular flexibility index (Phi) is 9.67. The molecule has 0 aliphatic heterocycles. The summed E-state index contributed by atoms with van der Waals surface area (Å²) in [5.41, 5.74) is 4.15. The highest BCUT2D eigenvalue weighted by Crippen LogP contribution is 2.59. The predicted molar refractivity (Wildman–Crippen MR) is 163 cm³/mol. The van der Waals surface area contributed by atoms with E-state index in [4.69, 9.17) is 0 Å². The maximum atomic E-state index is 10.8. The van der Waals surface area contributed by atoms with Gasteiger partial charge in [-0.3, -0.25) is 0 Å². The van der Waals surface area contributed by atoms with Gasteiger partial charge >= 0.3 is 0 Å². The van der Waals surface area contributed by atoms with E-state index in [-0.39, 0.29) is 5.04 Å². The van der Waals surface area contributed by atoms with Gasteiger partial charge in [-0.05, 0) is 122 Å². The maximum Gasteiger partial charge on any atom is 0.188 e. The van der Waals surface area contributed by atoms with E-state index in [9.17, 15) is 9.90 Å². The van der Waals surface area contributed by atoms with Crippen LogP contribution >= 0.6 is 0 Å². The van der Waals surface area contributed by atoms with Crippen molar-refractivity contribution in [3.05, 3.63) is 47.6 Å². The number of hydrogen-bond donors (Lipinski definition) is 2. The summed E-state index contributed by atoms with van der Waals surface area (Å²) in [6, 6.07) is 0. The molecule has 0 heterocycles. The second-order valence-corrected chi connectivity index (χ2v) is 19.3. The summed E-state index contributed by atoms with van der Waals surface area (Å²) < 4.78 is 0. The summed E-state index contributed by atoms with van der Waals surface area (Å²) >= 11 is 0. The normalized spacial score (nSPS) is 35.5. The highest BCUT2D eigenvalue weighted by molar-refractivity contribution is 6.72. The molecule has 2 N–H and O–H groups in total. The molecule has 0 saturated heterocycles. The molecule has 7 atom stereocenters. The van der Waals surface area contributed by atoms with E-state index in [1.54, 1.807) is 5.57 Å². The summed E-state index contributed by atoms with van der Waals surface area (Å²) in [7, 11) is -2.27. The molecule has 0 radical (unpaired) electrons. The Morgan fingerprint density at radius 2 is 1.78 bits per heavy atom. The monoisotopic (exact) mass is 526 g/mol. The molecule has 3 fully saturated rings. The lowest BCUT2D eigenvalue weighted by atomic mass is 9.61. The Hall–Kier alpha value is -0.903. The molecule has 3 aliphatic rings. The lowest BCUT2D eigenvalue weighted by molar-refractivity contribution is 0.112. The third kappa shape index (κ3) is 6.82. The molecule has 2 nitrogen and oxygen atoms in total. The molecule has 210 valence electrons. The number of aliphatic hydroxyl groups excluding tert-OH is 1. The lowest BCUT2D eigenvalue weighted by Gasteiger charge is -2.44. The fourth-order valence-corrected chi connectivity index (χ4v) is 8.35. The predicted octanol–water partition coefficient (Wildman–Crippen LogP) is 9.23.